The van der Waals surface area contributed by atoms with Gasteiger partial charge in [0.05, 0.1) is 7.11 Å². The average molecular weight is 252 g/mol. The van der Waals surface area contributed by atoms with Crippen LogP contribution < -0.4 is 10.4 Å². The number of hydrogen-bond donors (Lipinski definition) is 0. The summed E-state index contributed by atoms with van der Waals surface area (Å²) in [4.78, 5) is 11.1. The summed E-state index contributed by atoms with van der Waals surface area (Å²) in [5.74, 6) is 0.817. The van der Waals surface area contributed by atoms with E-state index in [0.717, 1.165) is 22.3 Å². The minimum absolute atomic E-state index is 0.332. The van der Waals surface area contributed by atoms with Crippen molar-refractivity contribution in [1.29, 1.82) is 0 Å². The van der Waals surface area contributed by atoms with E-state index in [1.54, 1.807) is 13.2 Å². The lowest BCUT2D eigenvalue weighted by atomic mass is 10.0. The molecule has 0 amide bonds. The van der Waals surface area contributed by atoms with Crippen molar-refractivity contribution < 1.29 is 9.15 Å². The zero-order chi connectivity index (χ0) is 13.2. The second-order valence-corrected chi connectivity index (χ2v) is 4.24. The molecule has 1 heterocycles. The fraction of sp³-hybridized carbons (Fsp3) is 0.0625. The average Bonchev–Trinajstić information content (AvgIpc) is 2.46. The lowest BCUT2D eigenvalue weighted by Crippen LogP contribution is -1.94. The minimum atomic E-state index is -0.332. The number of benzene rings is 2. The highest BCUT2D eigenvalue weighted by Crippen LogP contribution is 2.26. The Labute approximate surface area is 110 Å². The van der Waals surface area contributed by atoms with Crippen LogP contribution in [-0.4, -0.2) is 7.11 Å². The number of fused-ring (bicyclic) bond motifs is 1. The third-order valence-electron chi connectivity index (χ3n) is 3.02. The van der Waals surface area contributed by atoms with Crippen LogP contribution in [0.5, 0.6) is 5.75 Å². The summed E-state index contributed by atoms with van der Waals surface area (Å²) in [5.41, 5.74) is 2.38. The van der Waals surface area contributed by atoms with Crippen LogP contribution in [0.25, 0.3) is 22.1 Å². The Bertz CT molecular complexity index is 787. The Morgan fingerprint density at radius 3 is 2.63 bits per heavy atom. The highest BCUT2D eigenvalue weighted by molar-refractivity contribution is 5.83. The molecule has 19 heavy (non-hydrogen) atoms. The topological polar surface area (TPSA) is 39.4 Å². The van der Waals surface area contributed by atoms with E-state index in [-0.39, 0.29) is 5.63 Å². The lowest BCUT2D eigenvalue weighted by Gasteiger charge is -2.05. The molecular formula is C16H12O3. The van der Waals surface area contributed by atoms with Gasteiger partial charge in [-0.25, -0.2) is 4.79 Å². The number of methoxy groups -OCH3 is 1. The first-order chi connectivity index (χ1) is 9.26. The van der Waals surface area contributed by atoms with Gasteiger partial charge in [-0.15, -0.1) is 0 Å². The van der Waals surface area contributed by atoms with Crippen molar-refractivity contribution in [1.82, 2.24) is 0 Å². The van der Waals surface area contributed by atoms with Crippen LogP contribution in [0.4, 0.5) is 0 Å². The molecule has 3 nitrogen and oxygen atoms in total. The molecule has 0 N–H and O–H groups in total. The summed E-state index contributed by atoms with van der Waals surface area (Å²) >= 11 is 0. The Kier molecular flexibility index (Phi) is 2.80. The van der Waals surface area contributed by atoms with Crippen molar-refractivity contribution in [2.45, 2.75) is 0 Å². The molecule has 0 unspecified atom stereocenters. The van der Waals surface area contributed by atoms with Gasteiger partial charge < -0.3 is 9.15 Å². The molecule has 0 bridgehead atoms. The normalized spacial score (nSPS) is 10.6. The monoisotopic (exact) mass is 252 g/mol. The van der Waals surface area contributed by atoms with Crippen LogP contribution in [0.3, 0.4) is 0 Å². The molecule has 3 aromatic rings. The van der Waals surface area contributed by atoms with Crippen molar-refractivity contribution in [2.75, 3.05) is 7.11 Å². The molecular weight excluding hydrogens is 240 g/mol. The first-order valence-corrected chi connectivity index (χ1v) is 5.94. The molecule has 0 atom stereocenters. The standard InChI is InChI=1S/C16H12O3/c1-18-14-4-2-3-11(10-14)12-5-7-15-13(9-12)6-8-16(17)19-15/h2-10H,1H3. The largest absolute Gasteiger partial charge is 0.497 e. The molecule has 0 spiro atoms. The van der Waals surface area contributed by atoms with E-state index in [1.807, 2.05) is 42.5 Å². The first kappa shape index (κ1) is 11.5. The van der Waals surface area contributed by atoms with E-state index in [4.69, 9.17) is 9.15 Å². The maximum absolute atomic E-state index is 11.1. The van der Waals surface area contributed by atoms with Crippen molar-refractivity contribution in [3.8, 4) is 16.9 Å². The van der Waals surface area contributed by atoms with Crippen molar-refractivity contribution in [2.24, 2.45) is 0 Å². The first-order valence-electron chi connectivity index (χ1n) is 5.94. The highest BCUT2D eigenvalue weighted by Gasteiger charge is 2.02. The smallest absolute Gasteiger partial charge is 0.336 e. The van der Waals surface area contributed by atoms with Gasteiger partial charge in [-0.1, -0.05) is 18.2 Å². The van der Waals surface area contributed by atoms with E-state index >= 15 is 0 Å². The van der Waals surface area contributed by atoms with Crippen LogP contribution in [-0.2, 0) is 0 Å². The summed E-state index contributed by atoms with van der Waals surface area (Å²) in [6, 6.07) is 16.8. The lowest BCUT2D eigenvalue weighted by molar-refractivity contribution is 0.415. The highest BCUT2D eigenvalue weighted by atomic mass is 16.5. The maximum Gasteiger partial charge on any atom is 0.336 e. The molecule has 3 heteroatoms. The van der Waals surface area contributed by atoms with Gasteiger partial charge >= 0.3 is 5.63 Å². The minimum Gasteiger partial charge on any atom is -0.497 e. The molecule has 0 saturated carbocycles. The third kappa shape index (κ3) is 2.22. The van der Waals surface area contributed by atoms with Crippen molar-refractivity contribution in [3.63, 3.8) is 0 Å². The summed E-state index contributed by atoms with van der Waals surface area (Å²) in [5, 5.41) is 0.903. The van der Waals surface area contributed by atoms with E-state index in [2.05, 4.69) is 0 Å². The van der Waals surface area contributed by atoms with Crippen LogP contribution in [0.1, 0.15) is 0 Å². The zero-order valence-corrected chi connectivity index (χ0v) is 10.4. The van der Waals surface area contributed by atoms with Crippen LogP contribution >= 0.6 is 0 Å². The van der Waals surface area contributed by atoms with Crippen LogP contribution in [0.2, 0.25) is 0 Å². The molecule has 94 valence electrons. The Hall–Kier alpha value is -2.55. The molecule has 1 aromatic heterocycles. The Balaban J connectivity index is 2.14. The third-order valence-corrected chi connectivity index (χ3v) is 3.02. The molecule has 2 aromatic carbocycles. The quantitative estimate of drug-likeness (QED) is 0.655. The van der Waals surface area contributed by atoms with E-state index in [0.29, 0.717) is 5.58 Å². The van der Waals surface area contributed by atoms with Crippen molar-refractivity contribution >= 4 is 11.0 Å². The second kappa shape index (κ2) is 4.61. The van der Waals surface area contributed by atoms with Gasteiger partial charge in [0.15, 0.2) is 0 Å². The number of ether oxygens (including phenoxy) is 1. The predicted octanol–water partition coefficient (Wildman–Crippen LogP) is 3.47. The summed E-state index contributed by atoms with van der Waals surface area (Å²) in [6.45, 7) is 0. The van der Waals surface area contributed by atoms with Crippen LogP contribution in [0, 0.1) is 0 Å². The van der Waals surface area contributed by atoms with Gasteiger partial charge in [-0.05, 0) is 41.5 Å². The van der Waals surface area contributed by atoms with Gasteiger partial charge in [0.2, 0.25) is 0 Å². The summed E-state index contributed by atoms with van der Waals surface area (Å²) in [7, 11) is 1.65. The molecule has 0 saturated heterocycles. The zero-order valence-electron chi connectivity index (χ0n) is 10.4. The van der Waals surface area contributed by atoms with E-state index in [9.17, 15) is 4.79 Å². The molecule has 3 rings (SSSR count). The van der Waals surface area contributed by atoms with Gasteiger partial charge in [-0.2, -0.15) is 0 Å². The maximum atomic E-state index is 11.1. The molecule has 0 radical (unpaired) electrons. The van der Waals surface area contributed by atoms with Gasteiger partial charge in [0.1, 0.15) is 11.3 Å². The fourth-order valence-corrected chi connectivity index (χ4v) is 2.05. The Morgan fingerprint density at radius 1 is 0.947 bits per heavy atom. The number of hydrogen-bond acceptors (Lipinski definition) is 3. The van der Waals surface area contributed by atoms with Gasteiger partial charge in [0.25, 0.3) is 0 Å². The fourth-order valence-electron chi connectivity index (χ4n) is 2.05. The summed E-state index contributed by atoms with van der Waals surface area (Å²) < 4.78 is 10.3. The number of rotatable bonds is 2. The molecule has 0 aliphatic carbocycles. The van der Waals surface area contributed by atoms with E-state index in [1.165, 1.54) is 6.07 Å². The molecule has 0 fully saturated rings. The van der Waals surface area contributed by atoms with E-state index < -0.39 is 0 Å². The molecule has 0 aliphatic heterocycles. The molecule has 0 aliphatic rings. The Morgan fingerprint density at radius 2 is 1.79 bits per heavy atom. The predicted molar refractivity (Wildman–Crippen MR) is 74.5 cm³/mol. The van der Waals surface area contributed by atoms with Gasteiger partial charge in [-0.3, -0.25) is 0 Å². The van der Waals surface area contributed by atoms with Crippen molar-refractivity contribution in [3.05, 3.63) is 65.0 Å². The second-order valence-electron chi connectivity index (χ2n) is 4.24. The SMILES string of the molecule is COc1cccc(-c2ccc3oc(=O)ccc3c2)c1. The van der Waals surface area contributed by atoms with Crippen LogP contribution in [0.15, 0.2) is 63.8 Å². The van der Waals surface area contributed by atoms with Gasteiger partial charge in [0, 0.05) is 11.5 Å². The summed E-state index contributed by atoms with van der Waals surface area (Å²) in [6.07, 6.45) is 0.